The summed E-state index contributed by atoms with van der Waals surface area (Å²) in [5, 5.41) is 12.5. The molecule has 5 heterocycles. The van der Waals surface area contributed by atoms with Crippen molar-refractivity contribution in [3.63, 3.8) is 0 Å². The summed E-state index contributed by atoms with van der Waals surface area (Å²) in [5.41, 5.74) is 0.855. The lowest BCUT2D eigenvalue weighted by Gasteiger charge is -2.44. The zero-order valence-electron chi connectivity index (χ0n) is 15.0. The van der Waals surface area contributed by atoms with Crippen LogP contribution in [0.15, 0.2) is 55.2 Å². The van der Waals surface area contributed by atoms with E-state index in [2.05, 4.69) is 20.6 Å². The van der Waals surface area contributed by atoms with E-state index in [1.165, 1.54) is 0 Å². The molecule has 0 unspecified atom stereocenters. The maximum absolute atomic E-state index is 13.0. The van der Waals surface area contributed by atoms with Gasteiger partial charge in [-0.3, -0.25) is 14.8 Å². The highest BCUT2D eigenvalue weighted by Gasteiger charge is 2.49. The van der Waals surface area contributed by atoms with E-state index in [4.69, 9.17) is 0 Å². The second kappa shape index (κ2) is 6.16. The Bertz CT molecular complexity index is 970. The smallest absolute Gasteiger partial charge is 0.255 e. The number of amides is 1. The Kier molecular flexibility index (Phi) is 3.75. The molecular formula is C21H22N4O2. The van der Waals surface area contributed by atoms with Crippen molar-refractivity contribution in [2.24, 2.45) is 0 Å². The third-order valence-electron chi connectivity index (χ3n) is 6.03. The summed E-state index contributed by atoms with van der Waals surface area (Å²) in [6.07, 6.45) is 12.1. The summed E-state index contributed by atoms with van der Waals surface area (Å²) in [4.78, 5) is 23.2. The predicted molar refractivity (Wildman–Crippen MR) is 101 cm³/mol. The fourth-order valence-corrected chi connectivity index (χ4v) is 4.90. The largest absolute Gasteiger partial charge is 0.388 e. The van der Waals surface area contributed by atoms with Gasteiger partial charge in [0.05, 0.1) is 29.4 Å². The number of hydrogen-bond acceptors (Lipinski definition) is 4. The van der Waals surface area contributed by atoms with E-state index in [1.807, 2.05) is 29.4 Å². The van der Waals surface area contributed by atoms with Crippen molar-refractivity contribution in [2.45, 2.75) is 49.9 Å². The minimum atomic E-state index is -0.806. The van der Waals surface area contributed by atoms with Gasteiger partial charge in [-0.15, -0.1) is 0 Å². The van der Waals surface area contributed by atoms with Gasteiger partial charge in [0.15, 0.2) is 0 Å². The number of carbonyl (C=O) groups is 1. The van der Waals surface area contributed by atoms with Crippen LogP contribution in [0.5, 0.6) is 0 Å². The molecule has 0 aliphatic carbocycles. The minimum absolute atomic E-state index is 0.0354. The van der Waals surface area contributed by atoms with Crippen LogP contribution in [0, 0.1) is 0 Å². The molecule has 2 bridgehead atoms. The average Bonchev–Trinajstić information content (AvgIpc) is 3.21. The summed E-state index contributed by atoms with van der Waals surface area (Å²) in [6, 6.07) is 7.81. The Morgan fingerprint density at radius 3 is 2.63 bits per heavy atom. The molecular weight excluding hydrogens is 340 g/mol. The van der Waals surface area contributed by atoms with Crippen LogP contribution >= 0.6 is 0 Å². The molecule has 0 spiro atoms. The topological polar surface area (TPSA) is 71.2 Å². The summed E-state index contributed by atoms with van der Waals surface area (Å²) in [5.74, 6) is 0.0354. The van der Waals surface area contributed by atoms with Crippen LogP contribution in [0.3, 0.4) is 0 Å². The van der Waals surface area contributed by atoms with Gasteiger partial charge in [-0.1, -0.05) is 0 Å². The summed E-state index contributed by atoms with van der Waals surface area (Å²) >= 11 is 0. The van der Waals surface area contributed by atoms with Gasteiger partial charge < -0.3 is 14.6 Å². The van der Waals surface area contributed by atoms with Crippen molar-refractivity contribution in [1.29, 1.82) is 0 Å². The Hall–Kier alpha value is -2.73. The second-order valence-corrected chi connectivity index (χ2v) is 7.85. The van der Waals surface area contributed by atoms with Gasteiger partial charge in [0.1, 0.15) is 0 Å². The monoisotopic (exact) mass is 362 g/mol. The molecule has 2 fully saturated rings. The number of nitrogens with zero attached hydrogens (tertiary/aromatic N) is 4. The number of carbonyl (C=O) groups excluding carboxylic acids is 1. The molecule has 27 heavy (non-hydrogen) atoms. The number of pyridine rings is 2. The minimum Gasteiger partial charge on any atom is -0.388 e. The van der Waals surface area contributed by atoms with E-state index in [9.17, 15) is 9.90 Å². The Labute approximate surface area is 157 Å². The molecule has 0 aromatic carbocycles. The first-order valence-corrected chi connectivity index (χ1v) is 9.47. The number of hydrogen-bond donors (Lipinski definition) is 1. The maximum Gasteiger partial charge on any atom is 0.255 e. The molecule has 3 aromatic rings. The van der Waals surface area contributed by atoms with Crippen LogP contribution in [-0.2, 0) is 6.54 Å². The van der Waals surface area contributed by atoms with Crippen LogP contribution in [0.4, 0.5) is 0 Å². The van der Waals surface area contributed by atoms with Gasteiger partial charge >= 0.3 is 0 Å². The number of rotatable bonds is 3. The first kappa shape index (κ1) is 16.4. The molecule has 3 aromatic heterocycles. The SMILES string of the molecule is O=C(c1cccnc1)N1[C@H]2CC[C@H]1CC(O)(Cn1ccc3ccncc31)C2. The van der Waals surface area contributed by atoms with Crippen molar-refractivity contribution in [3.8, 4) is 0 Å². The summed E-state index contributed by atoms with van der Waals surface area (Å²) in [6.45, 7) is 0.532. The van der Waals surface area contributed by atoms with Crippen LogP contribution in [0.1, 0.15) is 36.0 Å². The fourth-order valence-electron chi connectivity index (χ4n) is 4.90. The van der Waals surface area contributed by atoms with E-state index in [1.54, 1.807) is 24.7 Å². The lowest BCUT2D eigenvalue weighted by atomic mass is 9.85. The molecule has 0 saturated carbocycles. The first-order chi connectivity index (χ1) is 13.1. The van der Waals surface area contributed by atoms with E-state index >= 15 is 0 Å². The van der Waals surface area contributed by atoms with Crippen molar-refractivity contribution < 1.29 is 9.90 Å². The van der Waals surface area contributed by atoms with E-state index in [0.717, 1.165) is 23.7 Å². The van der Waals surface area contributed by atoms with Gasteiger partial charge in [-0.25, -0.2) is 0 Å². The van der Waals surface area contributed by atoms with Crippen LogP contribution in [0.25, 0.3) is 10.9 Å². The number of piperidine rings is 1. The molecule has 1 amide bonds. The Morgan fingerprint density at radius 2 is 1.89 bits per heavy atom. The number of aromatic nitrogens is 3. The van der Waals surface area contributed by atoms with E-state index in [0.29, 0.717) is 24.9 Å². The van der Waals surface area contributed by atoms with Crippen LogP contribution in [0.2, 0.25) is 0 Å². The van der Waals surface area contributed by atoms with E-state index in [-0.39, 0.29) is 18.0 Å². The highest BCUT2D eigenvalue weighted by atomic mass is 16.3. The van der Waals surface area contributed by atoms with Crippen LogP contribution < -0.4 is 0 Å². The lowest BCUT2D eigenvalue weighted by molar-refractivity contribution is -0.0533. The molecule has 2 atom stereocenters. The molecule has 0 radical (unpaired) electrons. The third kappa shape index (κ3) is 2.80. The number of fused-ring (bicyclic) bond motifs is 3. The van der Waals surface area contributed by atoms with Gasteiger partial charge in [-0.2, -0.15) is 0 Å². The normalized spacial score (nSPS) is 27.2. The summed E-state index contributed by atoms with van der Waals surface area (Å²) < 4.78 is 2.08. The molecule has 2 aliphatic rings. The van der Waals surface area contributed by atoms with Crippen molar-refractivity contribution >= 4 is 16.8 Å². The summed E-state index contributed by atoms with van der Waals surface area (Å²) in [7, 11) is 0. The standard InChI is InChI=1S/C21H22N4O2/c26-20(16-2-1-7-22-12-16)25-17-3-4-18(25)11-21(27,10-17)14-24-9-6-15-5-8-23-13-19(15)24/h1-2,5-9,12-13,17-18,27H,3-4,10-11,14H2/t17-,18-/m0/s1. The highest BCUT2D eigenvalue weighted by molar-refractivity contribution is 5.94. The molecule has 2 saturated heterocycles. The molecule has 6 heteroatoms. The maximum atomic E-state index is 13.0. The highest BCUT2D eigenvalue weighted by Crippen LogP contribution is 2.42. The Morgan fingerprint density at radius 1 is 1.11 bits per heavy atom. The van der Waals surface area contributed by atoms with Gasteiger partial charge in [0, 0.05) is 42.3 Å². The molecule has 138 valence electrons. The zero-order valence-corrected chi connectivity index (χ0v) is 15.0. The van der Waals surface area contributed by atoms with Gasteiger partial charge in [0.2, 0.25) is 0 Å². The van der Waals surface area contributed by atoms with Crippen LogP contribution in [-0.4, -0.2) is 48.1 Å². The van der Waals surface area contributed by atoms with Crippen molar-refractivity contribution in [1.82, 2.24) is 19.4 Å². The van der Waals surface area contributed by atoms with Crippen molar-refractivity contribution in [3.05, 3.63) is 60.8 Å². The molecule has 6 nitrogen and oxygen atoms in total. The van der Waals surface area contributed by atoms with Gasteiger partial charge in [0.25, 0.3) is 5.91 Å². The molecule has 2 aliphatic heterocycles. The van der Waals surface area contributed by atoms with Gasteiger partial charge in [-0.05, 0) is 49.9 Å². The van der Waals surface area contributed by atoms with E-state index < -0.39 is 5.60 Å². The fraction of sp³-hybridized carbons (Fsp3) is 0.381. The first-order valence-electron chi connectivity index (χ1n) is 9.47. The molecule has 5 rings (SSSR count). The third-order valence-corrected chi connectivity index (χ3v) is 6.03. The second-order valence-electron chi connectivity index (χ2n) is 7.85. The number of aliphatic hydroxyl groups is 1. The zero-order chi connectivity index (χ0) is 18.4. The Balaban J connectivity index is 1.38. The predicted octanol–water partition coefficient (Wildman–Crippen LogP) is 2.63. The average molecular weight is 362 g/mol. The molecule has 1 N–H and O–H groups in total. The quantitative estimate of drug-likeness (QED) is 0.777. The lowest BCUT2D eigenvalue weighted by Crippen LogP contribution is -2.54. The van der Waals surface area contributed by atoms with Crippen molar-refractivity contribution in [2.75, 3.05) is 0 Å².